The first-order valence-electron chi connectivity index (χ1n) is 9.64. The van der Waals surface area contributed by atoms with Crippen LogP contribution in [0.5, 0.6) is 0 Å². The minimum absolute atomic E-state index is 0.294. The van der Waals surface area contributed by atoms with Crippen molar-refractivity contribution in [2.75, 3.05) is 26.3 Å². The molecule has 5 nitrogen and oxygen atoms in total. The van der Waals surface area contributed by atoms with Crippen LogP contribution in [0.1, 0.15) is 68.4 Å². The number of carbonyl (C=O) groups excluding carboxylic acids is 1. The number of rotatable bonds is 3. The smallest absolute Gasteiger partial charge is 0.225 e. The van der Waals surface area contributed by atoms with E-state index in [-0.39, 0.29) is 0 Å². The van der Waals surface area contributed by atoms with Crippen molar-refractivity contribution in [1.29, 1.82) is 0 Å². The number of carbonyl (C=O) groups is 1. The van der Waals surface area contributed by atoms with Crippen molar-refractivity contribution < 1.29 is 9.53 Å². The second-order valence-electron chi connectivity index (χ2n) is 7.72. The monoisotopic (exact) mass is 331 g/mol. The fourth-order valence-corrected chi connectivity index (χ4v) is 4.78. The van der Waals surface area contributed by atoms with E-state index in [1.54, 1.807) is 0 Å². The maximum absolute atomic E-state index is 12.7. The third-order valence-corrected chi connectivity index (χ3v) is 6.14. The van der Waals surface area contributed by atoms with E-state index in [1.807, 2.05) is 6.20 Å². The molecule has 3 heterocycles. The van der Waals surface area contributed by atoms with Crippen LogP contribution in [0.25, 0.3) is 0 Å². The fraction of sp³-hybridized carbons (Fsp3) is 0.789. The molecule has 0 aromatic carbocycles. The third kappa shape index (κ3) is 2.99. The molecule has 1 amide bonds. The average Bonchev–Trinajstić information content (AvgIpc) is 3.35. The molecule has 1 aromatic rings. The number of likely N-dealkylation sites (tertiary alicyclic amines) is 1. The predicted molar refractivity (Wildman–Crippen MR) is 92.0 cm³/mol. The van der Waals surface area contributed by atoms with Gasteiger partial charge in [0, 0.05) is 50.0 Å². The molecule has 1 aliphatic carbocycles. The van der Waals surface area contributed by atoms with Crippen molar-refractivity contribution in [2.45, 2.75) is 63.8 Å². The summed E-state index contributed by atoms with van der Waals surface area (Å²) in [6, 6.07) is 0.399. The summed E-state index contributed by atoms with van der Waals surface area (Å²) < 4.78 is 7.94. The molecule has 0 N–H and O–H groups in total. The summed E-state index contributed by atoms with van der Waals surface area (Å²) in [5.74, 6) is 2.42. The molecule has 3 aliphatic rings. The van der Waals surface area contributed by atoms with Crippen molar-refractivity contribution >= 4 is 5.91 Å². The SMILES string of the molecule is Cc1cnc(C2CCOCC2)n1C1CCN(C(=O)C2CCCC2)C1. The molecule has 2 aliphatic heterocycles. The largest absolute Gasteiger partial charge is 0.381 e. The van der Waals surface area contributed by atoms with Crippen LogP contribution in [0, 0.1) is 12.8 Å². The van der Waals surface area contributed by atoms with Crippen molar-refractivity contribution in [2.24, 2.45) is 5.92 Å². The zero-order valence-corrected chi connectivity index (χ0v) is 14.7. The highest BCUT2D eigenvalue weighted by Crippen LogP contribution is 2.34. The van der Waals surface area contributed by atoms with Gasteiger partial charge in [0.05, 0.1) is 6.04 Å². The van der Waals surface area contributed by atoms with Crippen LogP contribution in [-0.2, 0) is 9.53 Å². The van der Waals surface area contributed by atoms with Crippen LogP contribution >= 0.6 is 0 Å². The molecule has 4 rings (SSSR count). The van der Waals surface area contributed by atoms with Crippen LogP contribution in [-0.4, -0.2) is 46.7 Å². The fourth-order valence-electron chi connectivity index (χ4n) is 4.78. The average molecular weight is 331 g/mol. The molecular formula is C19H29N3O2. The van der Waals surface area contributed by atoms with Crippen LogP contribution in [0.3, 0.4) is 0 Å². The number of ether oxygens (including phenoxy) is 1. The molecule has 0 bridgehead atoms. The molecule has 1 aromatic heterocycles. The van der Waals surface area contributed by atoms with Gasteiger partial charge < -0.3 is 14.2 Å². The number of aryl methyl sites for hydroxylation is 1. The van der Waals surface area contributed by atoms with E-state index >= 15 is 0 Å². The number of aromatic nitrogens is 2. The highest BCUT2D eigenvalue weighted by molar-refractivity contribution is 5.79. The zero-order chi connectivity index (χ0) is 16.5. The standard InChI is InChI=1S/C19H29N3O2/c1-14-12-20-18(15-7-10-24-11-8-15)22(14)17-6-9-21(13-17)19(23)16-4-2-3-5-16/h12,15-17H,2-11,13H2,1H3. The lowest BCUT2D eigenvalue weighted by Gasteiger charge is -2.26. The number of hydrogen-bond donors (Lipinski definition) is 0. The Bertz CT molecular complexity index is 585. The summed E-state index contributed by atoms with van der Waals surface area (Å²) in [6.07, 6.45) is 9.83. The van der Waals surface area contributed by atoms with Crippen LogP contribution in [0.4, 0.5) is 0 Å². The lowest BCUT2D eigenvalue weighted by Crippen LogP contribution is -2.34. The van der Waals surface area contributed by atoms with E-state index in [4.69, 9.17) is 9.72 Å². The number of hydrogen-bond acceptors (Lipinski definition) is 3. The zero-order valence-electron chi connectivity index (χ0n) is 14.7. The van der Waals surface area contributed by atoms with E-state index in [1.165, 1.54) is 24.4 Å². The molecule has 0 radical (unpaired) electrons. The molecule has 0 spiro atoms. The molecule has 1 atom stereocenters. The number of imidazole rings is 1. The van der Waals surface area contributed by atoms with Gasteiger partial charge in [-0.2, -0.15) is 0 Å². The first-order valence-corrected chi connectivity index (χ1v) is 9.64. The Kier molecular flexibility index (Phi) is 4.61. The van der Waals surface area contributed by atoms with Crippen LogP contribution < -0.4 is 0 Å². The molecule has 24 heavy (non-hydrogen) atoms. The third-order valence-electron chi connectivity index (χ3n) is 6.14. The summed E-state index contributed by atoms with van der Waals surface area (Å²) >= 11 is 0. The number of nitrogens with zero attached hydrogens (tertiary/aromatic N) is 3. The molecule has 3 fully saturated rings. The molecule has 2 saturated heterocycles. The lowest BCUT2D eigenvalue weighted by atomic mass is 9.99. The van der Waals surface area contributed by atoms with Gasteiger partial charge in [-0.05, 0) is 39.0 Å². The van der Waals surface area contributed by atoms with Crippen LogP contribution in [0.2, 0.25) is 0 Å². The molecule has 5 heteroatoms. The van der Waals surface area contributed by atoms with Gasteiger partial charge in [0.25, 0.3) is 0 Å². The van der Waals surface area contributed by atoms with E-state index in [2.05, 4.69) is 16.4 Å². The molecular weight excluding hydrogens is 302 g/mol. The van der Waals surface area contributed by atoms with Crippen molar-refractivity contribution in [3.8, 4) is 0 Å². The first kappa shape index (κ1) is 16.1. The minimum Gasteiger partial charge on any atom is -0.381 e. The molecule has 1 saturated carbocycles. The van der Waals surface area contributed by atoms with Crippen molar-refractivity contribution in [3.63, 3.8) is 0 Å². The Balaban J connectivity index is 1.48. The van der Waals surface area contributed by atoms with E-state index in [0.717, 1.165) is 58.4 Å². The van der Waals surface area contributed by atoms with Gasteiger partial charge in [0.1, 0.15) is 5.82 Å². The minimum atomic E-state index is 0.294. The Labute approximate surface area is 144 Å². The van der Waals surface area contributed by atoms with Gasteiger partial charge >= 0.3 is 0 Å². The first-order chi connectivity index (χ1) is 11.7. The summed E-state index contributed by atoms with van der Waals surface area (Å²) in [6.45, 7) is 5.60. The summed E-state index contributed by atoms with van der Waals surface area (Å²) in [7, 11) is 0. The van der Waals surface area contributed by atoms with Gasteiger partial charge in [-0.15, -0.1) is 0 Å². The Morgan fingerprint density at radius 3 is 2.67 bits per heavy atom. The predicted octanol–water partition coefficient (Wildman–Crippen LogP) is 3.05. The van der Waals surface area contributed by atoms with Crippen LogP contribution in [0.15, 0.2) is 6.20 Å². The topological polar surface area (TPSA) is 47.4 Å². The maximum Gasteiger partial charge on any atom is 0.225 e. The molecule has 132 valence electrons. The highest BCUT2D eigenvalue weighted by Gasteiger charge is 2.35. The second kappa shape index (κ2) is 6.87. The Hall–Kier alpha value is -1.36. The Morgan fingerprint density at radius 1 is 1.17 bits per heavy atom. The highest BCUT2D eigenvalue weighted by atomic mass is 16.5. The van der Waals surface area contributed by atoms with Gasteiger partial charge in [0.15, 0.2) is 0 Å². The quantitative estimate of drug-likeness (QED) is 0.855. The normalized spacial score (nSPS) is 26.4. The van der Waals surface area contributed by atoms with Gasteiger partial charge in [-0.3, -0.25) is 4.79 Å². The van der Waals surface area contributed by atoms with Crippen molar-refractivity contribution in [3.05, 3.63) is 17.7 Å². The second-order valence-corrected chi connectivity index (χ2v) is 7.72. The lowest BCUT2D eigenvalue weighted by molar-refractivity contribution is -0.134. The van der Waals surface area contributed by atoms with Gasteiger partial charge in [-0.25, -0.2) is 4.98 Å². The summed E-state index contributed by atoms with van der Waals surface area (Å²) in [5.41, 5.74) is 1.23. The summed E-state index contributed by atoms with van der Waals surface area (Å²) in [4.78, 5) is 19.6. The Morgan fingerprint density at radius 2 is 1.92 bits per heavy atom. The van der Waals surface area contributed by atoms with E-state index < -0.39 is 0 Å². The maximum atomic E-state index is 12.7. The van der Waals surface area contributed by atoms with E-state index in [0.29, 0.717) is 23.8 Å². The number of amides is 1. The molecule has 1 unspecified atom stereocenters. The van der Waals surface area contributed by atoms with Crippen molar-refractivity contribution in [1.82, 2.24) is 14.5 Å². The van der Waals surface area contributed by atoms with E-state index in [9.17, 15) is 4.79 Å². The van der Waals surface area contributed by atoms with Gasteiger partial charge in [0.2, 0.25) is 5.91 Å². The summed E-state index contributed by atoms with van der Waals surface area (Å²) in [5, 5.41) is 0. The van der Waals surface area contributed by atoms with Gasteiger partial charge in [-0.1, -0.05) is 12.8 Å².